The fourth-order valence-electron chi connectivity index (χ4n) is 3.74. The van der Waals surface area contributed by atoms with Crippen molar-refractivity contribution in [1.29, 1.82) is 0 Å². The number of furan rings is 1. The Morgan fingerprint density at radius 3 is 2.55 bits per heavy atom. The van der Waals surface area contributed by atoms with Gasteiger partial charge in [0.05, 0.1) is 17.9 Å². The molecule has 1 unspecified atom stereocenters. The van der Waals surface area contributed by atoms with E-state index in [0.29, 0.717) is 12.0 Å². The van der Waals surface area contributed by atoms with Crippen LogP contribution in [0, 0.1) is 5.41 Å². The highest BCUT2D eigenvalue weighted by Gasteiger charge is 2.37. The highest BCUT2D eigenvalue weighted by atomic mass is 16.5. The molecule has 31 heavy (non-hydrogen) atoms. The van der Waals surface area contributed by atoms with Gasteiger partial charge in [-0.15, -0.1) is 0 Å². The summed E-state index contributed by atoms with van der Waals surface area (Å²) >= 11 is 0. The third-order valence-electron chi connectivity index (χ3n) is 5.70. The van der Waals surface area contributed by atoms with E-state index in [4.69, 9.17) is 9.15 Å². The lowest BCUT2D eigenvalue weighted by Crippen LogP contribution is -2.54. The quantitative estimate of drug-likeness (QED) is 0.643. The molecule has 1 aromatic heterocycles. The number of ketones is 1. The van der Waals surface area contributed by atoms with Gasteiger partial charge in [-0.05, 0) is 43.2 Å². The maximum Gasteiger partial charge on any atom is 0.255 e. The van der Waals surface area contributed by atoms with E-state index >= 15 is 0 Å². The molecule has 2 amide bonds. The maximum absolute atomic E-state index is 13.1. The second-order valence-corrected chi connectivity index (χ2v) is 8.86. The van der Waals surface area contributed by atoms with Crippen LogP contribution in [-0.4, -0.2) is 42.4 Å². The summed E-state index contributed by atoms with van der Waals surface area (Å²) in [5.41, 5.74) is 1.33. The molecule has 0 saturated carbocycles. The van der Waals surface area contributed by atoms with Crippen LogP contribution < -0.4 is 10.6 Å². The number of carbonyl (C=O) groups is 3. The SMILES string of the molecule is C[C@@H]1OCC(=O)[C@H]1NC(=O)C(CC(C)(C)CCc1ccccc1)NC(=O)c1ccoc1. The normalized spacial score (nSPS) is 19.8. The predicted molar refractivity (Wildman–Crippen MR) is 115 cm³/mol. The van der Waals surface area contributed by atoms with E-state index in [2.05, 4.69) is 36.6 Å². The predicted octanol–water partition coefficient (Wildman–Crippen LogP) is 2.90. The molecule has 1 aliphatic rings. The van der Waals surface area contributed by atoms with Crippen molar-refractivity contribution in [2.24, 2.45) is 5.41 Å². The first kappa shape index (κ1) is 22.7. The summed E-state index contributed by atoms with van der Waals surface area (Å²) in [5.74, 6) is -0.945. The number of hydrogen-bond acceptors (Lipinski definition) is 5. The Morgan fingerprint density at radius 2 is 1.94 bits per heavy atom. The molecule has 0 aliphatic carbocycles. The van der Waals surface area contributed by atoms with E-state index in [-0.39, 0.29) is 23.7 Å². The molecule has 1 fully saturated rings. The molecule has 3 atom stereocenters. The van der Waals surface area contributed by atoms with E-state index in [1.54, 1.807) is 13.0 Å². The average Bonchev–Trinajstić information content (AvgIpc) is 3.39. The first-order valence-electron chi connectivity index (χ1n) is 10.6. The maximum atomic E-state index is 13.1. The average molecular weight is 427 g/mol. The summed E-state index contributed by atoms with van der Waals surface area (Å²) in [6.45, 7) is 5.89. The highest BCUT2D eigenvalue weighted by Crippen LogP contribution is 2.29. The van der Waals surface area contributed by atoms with Crippen LogP contribution in [0.4, 0.5) is 0 Å². The molecular weight excluding hydrogens is 396 g/mol. The minimum absolute atomic E-state index is 0.0132. The van der Waals surface area contributed by atoms with Crippen LogP contribution in [0.5, 0.6) is 0 Å². The zero-order chi connectivity index (χ0) is 22.4. The number of nitrogens with one attached hydrogen (secondary N) is 2. The van der Waals surface area contributed by atoms with Crippen molar-refractivity contribution in [2.45, 2.75) is 58.2 Å². The van der Waals surface area contributed by atoms with Gasteiger partial charge >= 0.3 is 0 Å². The van der Waals surface area contributed by atoms with E-state index in [0.717, 1.165) is 12.8 Å². The number of Topliss-reactive ketones (excluding diaryl/α,β-unsaturated/α-hetero) is 1. The lowest BCUT2D eigenvalue weighted by atomic mass is 9.80. The molecule has 0 radical (unpaired) electrons. The largest absolute Gasteiger partial charge is 0.472 e. The molecule has 166 valence electrons. The van der Waals surface area contributed by atoms with E-state index in [1.165, 1.54) is 18.1 Å². The molecule has 3 rings (SSSR count). The van der Waals surface area contributed by atoms with Gasteiger partial charge in [0, 0.05) is 0 Å². The van der Waals surface area contributed by atoms with Crippen LogP contribution in [0.3, 0.4) is 0 Å². The van der Waals surface area contributed by atoms with E-state index in [1.807, 2.05) is 18.2 Å². The first-order chi connectivity index (χ1) is 14.7. The second kappa shape index (κ2) is 9.92. The standard InChI is InChI=1S/C24H30N2O5/c1-16-21(20(27)15-31-16)26-23(29)19(25-22(28)18-10-12-30-14-18)13-24(2,3)11-9-17-7-5-4-6-8-17/h4-8,10,12,14,16,19,21H,9,11,13,15H2,1-3H3,(H,25,28)(H,26,29)/t16-,19?,21-/m0/s1. The fourth-order valence-corrected chi connectivity index (χ4v) is 3.74. The zero-order valence-electron chi connectivity index (χ0n) is 18.2. The van der Waals surface area contributed by atoms with E-state index < -0.39 is 24.1 Å². The lowest BCUT2D eigenvalue weighted by molar-refractivity contribution is -0.128. The van der Waals surface area contributed by atoms with Crippen LogP contribution >= 0.6 is 0 Å². The Balaban J connectivity index is 1.70. The van der Waals surface area contributed by atoms with Gasteiger partial charge in [-0.2, -0.15) is 0 Å². The summed E-state index contributed by atoms with van der Waals surface area (Å²) in [4.78, 5) is 37.8. The van der Waals surface area contributed by atoms with Crippen LogP contribution in [0.1, 0.15) is 49.5 Å². The number of amides is 2. The number of ether oxygens (including phenoxy) is 1. The number of hydrogen-bond donors (Lipinski definition) is 2. The van der Waals surface area contributed by atoms with Gasteiger partial charge in [-0.1, -0.05) is 44.2 Å². The first-order valence-corrected chi connectivity index (χ1v) is 10.6. The molecule has 2 N–H and O–H groups in total. The Labute approximate surface area is 182 Å². The smallest absolute Gasteiger partial charge is 0.255 e. The summed E-state index contributed by atoms with van der Waals surface area (Å²) in [6.07, 6.45) is 4.47. The Kier molecular flexibility index (Phi) is 7.28. The number of aryl methyl sites for hydroxylation is 1. The molecule has 7 nitrogen and oxygen atoms in total. The van der Waals surface area contributed by atoms with Gasteiger partial charge < -0.3 is 19.8 Å². The van der Waals surface area contributed by atoms with Gasteiger partial charge in [-0.25, -0.2) is 0 Å². The van der Waals surface area contributed by atoms with Crippen molar-refractivity contribution in [1.82, 2.24) is 10.6 Å². The Bertz CT molecular complexity index is 892. The minimum Gasteiger partial charge on any atom is -0.472 e. The fraction of sp³-hybridized carbons (Fsp3) is 0.458. The van der Waals surface area contributed by atoms with Crippen molar-refractivity contribution in [3.05, 3.63) is 60.1 Å². The Morgan fingerprint density at radius 1 is 1.19 bits per heavy atom. The summed E-state index contributed by atoms with van der Waals surface area (Å²) in [5, 5.41) is 5.59. The molecule has 1 aliphatic heterocycles. The lowest BCUT2D eigenvalue weighted by Gasteiger charge is -2.30. The van der Waals surface area contributed by atoms with Crippen molar-refractivity contribution in [2.75, 3.05) is 6.61 Å². The van der Waals surface area contributed by atoms with Crippen molar-refractivity contribution < 1.29 is 23.5 Å². The van der Waals surface area contributed by atoms with Gasteiger partial charge in [0.2, 0.25) is 5.91 Å². The zero-order valence-corrected chi connectivity index (χ0v) is 18.2. The summed E-state index contributed by atoms with van der Waals surface area (Å²) in [7, 11) is 0. The third-order valence-corrected chi connectivity index (χ3v) is 5.70. The van der Waals surface area contributed by atoms with Crippen molar-refractivity contribution >= 4 is 17.6 Å². The van der Waals surface area contributed by atoms with Crippen LogP contribution in [0.2, 0.25) is 0 Å². The molecule has 1 saturated heterocycles. The van der Waals surface area contributed by atoms with Crippen molar-refractivity contribution in [3.63, 3.8) is 0 Å². The molecule has 0 bridgehead atoms. The number of rotatable bonds is 9. The highest BCUT2D eigenvalue weighted by molar-refractivity contribution is 5.98. The van der Waals surface area contributed by atoms with Crippen LogP contribution in [-0.2, 0) is 20.7 Å². The van der Waals surface area contributed by atoms with Crippen LogP contribution in [0.25, 0.3) is 0 Å². The molecule has 2 aromatic rings. The Hall–Kier alpha value is -2.93. The summed E-state index contributed by atoms with van der Waals surface area (Å²) < 4.78 is 10.3. The molecule has 0 spiro atoms. The summed E-state index contributed by atoms with van der Waals surface area (Å²) in [6, 6.07) is 10.2. The van der Waals surface area contributed by atoms with Gasteiger partial charge in [0.25, 0.3) is 5.91 Å². The second-order valence-electron chi connectivity index (χ2n) is 8.86. The topological polar surface area (TPSA) is 97.6 Å². The van der Waals surface area contributed by atoms with Gasteiger partial charge in [-0.3, -0.25) is 14.4 Å². The van der Waals surface area contributed by atoms with Crippen molar-refractivity contribution in [3.8, 4) is 0 Å². The number of benzene rings is 1. The molecule has 7 heteroatoms. The van der Waals surface area contributed by atoms with Gasteiger partial charge in [0.15, 0.2) is 5.78 Å². The molecule has 1 aromatic carbocycles. The van der Waals surface area contributed by atoms with Crippen LogP contribution in [0.15, 0.2) is 53.3 Å². The monoisotopic (exact) mass is 426 g/mol. The van der Waals surface area contributed by atoms with Gasteiger partial charge in [0.1, 0.15) is 25.0 Å². The van der Waals surface area contributed by atoms with E-state index in [9.17, 15) is 14.4 Å². The number of carbonyl (C=O) groups excluding carboxylic acids is 3. The minimum atomic E-state index is -0.797. The molecule has 2 heterocycles. The third kappa shape index (κ3) is 6.28. The molecular formula is C24H30N2O5.